The molecular formula is C7H13F7Si. The monoisotopic (exact) mass is 258 g/mol. The molecule has 0 saturated carbocycles. The Morgan fingerprint density at radius 1 is 0.800 bits per heavy atom. The van der Waals surface area contributed by atoms with Gasteiger partial charge in [0, 0.05) is 10.2 Å². The third-order valence-electron chi connectivity index (χ3n) is 1.18. The zero-order chi connectivity index (χ0) is 12.5. The van der Waals surface area contributed by atoms with Gasteiger partial charge in [-0.3, -0.25) is 4.39 Å². The van der Waals surface area contributed by atoms with E-state index in [0.29, 0.717) is 0 Å². The summed E-state index contributed by atoms with van der Waals surface area (Å²) in [4.78, 5) is 0. The summed E-state index contributed by atoms with van der Waals surface area (Å²) < 4.78 is 77.5. The number of rotatable bonds is 3. The van der Waals surface area contributed by atoms with Crippen molar-refractivity contribution in [1.82, 2.24) is 0 Å². The van der Waals surface area contributed by atoms with Crippen LogP contribution in [0, 0.1) is 0 Å². The lowest BCUT2D eigenvalue weighted by Crippen LogP contribution is -2.15. The molecule has 8 heteroatoms. The van der Waals surface area contributed by atoms with Gasteiger partial charge in [-0.2, -0.15) is 26.3 Å². The molecule has 0 aromatic carbocycles. The Morgan fingerprint density at radius 3 is 1.20 bits per heavy atom. The van der Waals surface area contributed by atoms with E-state index in [4.69, 9.17) is 0 Å². The van der Waals surface area contributed by atoms with E-state index in [0.717, 1.165) is 22.7 Å². The first-order valence-corrected chi connectivity index (χ1v) is 5.73. The van der Waals surface area contributed by atoms with E-state index in [1.54, 1.807) is 0 Å². The van der Waals surface area contributed by atoms with Gasteiger partial charge < -0.3 is 0 Å². The number of hydrogen-bond acceptors (Lipinski definition) is 0. The Hall–Kier alpha value is -0.273. The van der Waals surface area contributed by atoms with Crippen molar-refractivity contribution in [3.8, 4) is 0 Å². The molecule has 0 heterocycles. The summed E-state index contributed by atoms with van der Waals surface area (Å²) in [6.45, 7) is -0.122. The van der Waals surface area contributed by atoms with Gasteiger partial charge in [0.15, 0.2) is 0 Å². The first-order valence-electron chi connectivity index (χ1n) is 4.32. The lowest BCUT2D eigenvalue weighted by atomic mass is 10.3. The first kappa shape index (κ1) is 17.1. The molecule has 0 saturated heterocycles. The Morgan fingerprint density at radius 2 is 1.13 bits per heavy atom. The topological polar surface area (TPSA) is 0 Å². The summed E-state index contributed by atoms with van der Waals surface area (Å²) in [6, 6.07) is 1.11. The molecule has 15 heavy (non-hydrogen) atoms. The lowest BCUT2D eigenvalue weighted by molar-refractivity contribution is -0.183. The van der Waals surface area contributed by atoms with Crippen LogP contribution in [-0.2, 0) is 0 Å². The molecule has 0 amide bonds. The largest absolute Gasteiger partial charge is 0.389 e. The van der Waals surface area contributed by atoms with Crippen LogP contribution < -0.4 is 0 Å². The summed E-state index contributed by atoms with van der Waals surface area (Å²) in [5.74, 6) is 0. The normalized spacial score (nSPS) is 12.2. The van der Waals surface area contributed by atoms with Gasteiger partial charge in [-0.15, -0.1) is 0 Å². The van der Waals surface area contributed by atoms with Crippen molar-refractivity contribution in [3.05, 3.63) is 0 Å². The minimum Gasteiger partial charge on any atom is -0.251 e. The van der Waals surface area contributed by atoms with Gasteiger partial charge in [-0.1, -0.05) is 6.04 Å². The summed E-state index contributed by atoms with van der Waals surface area (Å²) in [5.41, 5.74) is 0. The standard InChI is InChI=1S/C4H4F6.C3H9FSi/c5-3(6,7)1-2-4(8,9)10;4-2-1-3-5/h1-2H2;1-3H2,5H3. The highest BCUT2D eigenvalue weighted by Crippen LogP contribution is 2.29. The lowest BCUT2D eigenvalue weighted by Gasteiger charge is -2.07. The number of alkyl halides is 7. The van der Waals surface area contributed by atoms with Gasteiger partial charge in [-0.05, 0) is 6.42 Å². The highest BCUT2D eigenvalue weighted by Gasteiger charge is 2.36. The molecule has 0 spiro atoms. The van der Waals surface area contributed by atoms with Crippen LogP contribution in [0.25, 0.3) is 0 Å². The van der Waals surface area contributed by atoms with E-state index in [1.165, 1.54) is 0 Å². The van der Waals surface area contributed by atoms with E-state index >= 15 is 0 Å². The molecule has 0 fully saturated rings. The third kappa shape index (κ3) is 24.8. The highest BCUT2D eigenvalue weighted by molar-refractivity contribution is 6.08. The molecule has 0 bridgehead atoms. The van der Waals surface area contributed by atoms with Crippen LogP contribution in [0.2, 0.25) is 6.04 Å². The molecule has 0 aliphatic heterocycles. The molecule has 0 aliphatic carbocycles. The SMILES string of the molecule is FC(F)(F)CCC(F)(F)F.FCCC[SiH3]. The highest BCUT2D eigenvalue weighted by atomic mass is 28.1. The minimum atomic E-state index is -4.71. The predicted molar refractivity (Wildman–Crippen MR) is 46.7 cm³/mol. The van der Waals surface area contributed by atoms with E-state index in [2.05, 4.69) is 0 Å². The molecular weight excluding hydrogens is 245 g/mol. The van der Waals surface area contributed by atoms with Crippen molar-refractivity contribution in [2.75, 3.05) is 6.67 Å². The van der Waals surface area contributed by atoms with Crippen LogP contribution in [0.1, 0.15) is 19.3 Å². The van der Waals surface area contributed by atoms with Crippen molar-refractivity contribution in [2.24, 2.45) is 0 Å². The second-order valence-electron chi connectivity index (χ2n) is 2.77. The molecule has 94 valence electrons. The molecule has 0 radical (unpaired) electrons. The van der Waals surface area contributed by atoms with Crippen molar-refractivity contribution in [1.29, 1.82) is 0 Å². The molecule has 0 aromatic heterocycles. The molecule has 0 N–H and O–H groups in total. The van der Waals surface area contributed by atoms with Gasteiger partial charge in [0.1, 0.15) is 0 Å². The third-order valence-corrected chi connectivity index (χ3v) is 1.89. The van der Waals surface area contributed by atoms with Crippen molar-refractivity contribution < 1.29 is 30.7 Å². The van der Waals surface area contributed by atoms with Crippen LogP contribution in [-0.4, -0.2) is 29.3 Å². The maximum absolute atomic E-state index is 11.1. The fraction of sp³-hybridized carbons (Fsp3) is 1.00. The maximum Gasteiger partial charge on any atom is 0.389 e. The smallest absolute Gasteiger partial charge is 0.251 e. The molecule has 0 atom stereocenters. The summed E-state index contributed by atoms with van der Waals surface area (Å²) in [6.07, 6.45) is -12.2. The Labute approximate surface area is 86.3 Å². The molecule has 0 aromatic rings. The van der Waals surface area contributed by atoms with Crippen LogP contribution in [0.3, 0.4) is 0 Å². The Balaban J connectivity index is 0. The zero-order valence-electron chi connectivity index (χ0n) is 8.18. The summed E-state index contributed by atoms with van der Waals surface area (Å²) in [7, 11) is 1.16. The van der Waals surface area contributed by atoms with Crippen LogP contribution in [0.5, 0.6) is 0 Å². The summed E-state index contributed by atoms with van der Waals surface area (Å²) >= 11 is 0. The fourth-order valence-corrected chi connectivity index (χ4v) is 0.684. The quantitative estimate of drug-likeness (QED) is 0.539. The van der Waals surface area contributed by atoms with Gasteiger partial charge >= 0.3 is 12.4 Å². The predicted octanol–water partition coefficient (Wildman–Crippen LogP) is 3.02. The van der Waals surface area contributed by atoms with E-state index in [-0.39, 0.29) is 6.67 Å². The van der Waals surface area contributed by atoms with Gasteiger partial charge in [-0.25, -0.2) is 0 Å². The Bertz CT molecular complexity index is 123. The first-order chi connectivity index (χ1) is 6.62. The van der Waals surface area contributed by atoms with Gasteiger partial charge in [0.2, 0.25) is 0 Å². The van der Waals surface area contributed by atoms with Crippen molar-refractivity contribution in [2.45, 2.75) is 37.7 Å². The van der Waals surface area contributed by atoms with Crippen molar-refractivity contribution in [3.63, 3.8) is 0 Å². The van der Waals surface area contributed by atoms with Crippen LogP contribution in [0.15, 0.2) is 0 Å². The average molecular weight is 258 g/mol. The molecule has 0 nitrogen and oxygen atoms in total. The number of halogens is 7. The van der Waals surface area contributed by atoms with E-state index in [1.807, 2.05) is 0 Å². The van der Waals surface area contributed by atoms with Crippen LogP contribution in [0.4, 0.5) is 30.7 Å². The van der Waals surface area contributed by atoms with E-state index in [9.17, 15) is 30.7 Å². The fourth-order valence-electron chi connectivity index (χ4n) is 0.417. The van der Waals surface area contributed by atoms with Gasteiger partial charge in [0.05, 0.1) is 19.5 Å². The second kappa shape index (κ2) is 7.95. The van der Waals surface area contributed by atoms with E-state index < -0.39 is 25.2 Å². The Kier molecular flexibility index (Phi) is 9.08. The second-order valence-corrected chi connectivity index (χ2v) is 3.77. The molecule has 0 unspecified atom stereocenters. The van der Waals surface area contributed by atoms with Crippen LogP contribution >= 0.6 is 0 Å². The number of hydrogen-bond donors (Lipinski definition) is 0. The maximum atomic E-state index is 11.1. The summed E-state index contributed by atoms with van der Waals surface area (Å²) in [5, 5.41) is 0. The average Bonchev–Trinajstić information content (AvgIpc) is 2.01. The molecule has 0 aliphatic rings. The van der Waals surface area contributed by atoms with Crippen molar-refractivity contribution >= 4 is 10.2 Å². The van der Waals surface area contributed by atoms with Gasteiger partial charge in [0.25, 0.3) is 0 Å². The molecule has 0 rings (SSSR count). The minimum absolute atomic E-state index is 0.122. The zero-order valence-corrected chi connectivity index (χ0v) is 10.2.